The largest absolute Gasteiger partial charge is 0.491 e. The number of nitrogens with zero attached hydrogens (tertiary/aromatic N) is 2. The molecule has 0 unspecified atom stereocenters. The van der Waals surface area contributed by atoms with Crippen LogP contribution in [0, 0.1) is 5.92 Å². The first-order chi connectivity index (χ1) is 16.8. The highest BCUT2D eigenvalue weighted by Crippen LogP contribution is 2.27. The van der Waals surface area contributed by atoms with Crippen molar-refractivity contribution >= 4 is 17.5 Å². The van der Waals surface area contributed by atoms with Gasteiger partial charge in [-0.1, -0.05) is 44.2 Å². The molecule has 0 radical (unpaired) electrons. The zero-order valence-electron chi connectivity index (χ0n) is 21.6. The SMILES string of the molecule is CCCC(=O)Nc1ccc2c(c1)C(=O)N(C)C[C@@H](OC)[C@@H](C)CN(Cc1ccccc1)[C@H](C)CO2. The topological polar surface area (TPSA) is 71.1 Å². The molecular weight excluding hydrogens is 442 g/mol. The van der Waals surface area contributed by atoms with Crippen molar-refractivity contribution in [3.63, 3.8) is 0 Å². The summed E-state index contributed by atoms with van der Waals surface area (Å²) in [5.41, 5.74) is 2.27. The Labute approximate surface area is 209 Å². The summed E-state index contributed by atoms with van der Waals surface area (Å²) in [6, 6.07) is 15.8. The third-order valence-corrected chi connectivity index (χ3v) is 6.56. The van der Waals surface area contributed by atoms with Crippen molar-refractivity contribution < 1.29 is 19.1 Å². The molecule has 0 spiro atoms. The van der Waals surface area contributed by atoms with Crippen LogP contribution in [-0.4, -0.2) is 67.6 Å². The molecule has 7 heteroatoms. The number of likely N-dealkylation sites (N-methyl/N-ethyl adjacent to an activating group) is 1. The van der Waals surface area contributed by atoms with Crippen LogP contribution in [0.3, 0.4) is 0 Å². The fourth-order valence-electron chi connectivity index (χ4n) is 4.42. The first-order valence-corrected chi connectivity index (χ1v) is 12.4. The van der Waals surface area contributed by atoms with Gasteiger partial charge in [-0.3, -0.25) is 14.5 Å². The lowest BCUT2D eigenvalue weighted by atomic mass is 10.0. The Morgan fingerprint density at radius 2 is 1.89 bits per heavy atom. The Bertz CT molecular complexity index is 981. The van der Waals surface area contributed by atoms with Gasteiger partial charge >= 0.3 is 0 Å². The lowest BCUT2D eigenvalue weighted by molar-refractivity contribution is -0.116. The summed E-state index contributed by atoms with van der Waals surface area (Å²) < 4.78 is 12.1. The van der Waals surface area contributed by atoms with Gasteiger partial charge in [-0.25, -0.2) is 0 Å². The third kappa shape index (κ3) is 7.29. The highest BCUT2D eigenvalue weighted by Gasteiger charge is 2.28. The molecule has 2 amide bonds. The van der Waals surface area contributed by atoms with Crippen molar-refractivity contribution in [1.29, 1.82) is 0 Å². The van der Waals surface area contributed by atoms with E-state index in [4.69, 9.17) is 9.47 Å². The van der Waals surface area contributed by atoms with Gasteiger partial charge in [0.15, 0.2) is 0 Å². The standard InChI is InChI=1S/C28H39N3O4/c1-6-10-27(32)29-23-13-14-25-24(15-23)28(33)30(4)18-26(34-5)20(2)16-31(21(3)19-35-25)17-22-11-8-7-9-12-22/h7-9,11-15,20-21,26H,6,10,16-19H2,1-5H3,(H,29,32)/t20-,21+,26+/m0/s1. The maximum atomic E-state index is 13.4. The second-order valence-electron chi connectivity index (χ2n) is 9.52. The second kappa shape index (κ2) is 12.7. The summed E-state index contributed by atoms with van der Waals surface area (Å²) >= 11 is 0. The highest BCUT2D eigenvalue weighted by atomic mass is 16.5. The number of carbonyl (C=O) groups excluding carboxylic acids is 2. The van der Waals surface area contributed by atoms with Crippen LogP contribution in [0.2, 0.25) is 0 Å². The molecule has 3 rings (SSSR count). The minimum atomic E-state index is -0.157. The highest BCUT2D eigenvalue weighted by molar-refractivity contribution is 5.99. The zero-order chi connectivity index (χ0) is 25.4. The van der Waals surface area contributed by atoms with Crippen molar-refractivity contribution in [1.82, 2.24) is 9.80 Å². The van der Waals surface area contributed by atoms with Gasteiger partial charge in [-0.2, -0.15) is 0 Å². The Morgan fingerprint density at radius 1 is 1.14 bits per heavy atom. The number of benzene rings is 2. The zero-order valence-corrected chi connectivity index (χ0v) is 21.6. The molecule has 190 valence electrons. The predicted octanol–water partition coefficient (Wildman–Crippen LogP) is 4.43. The molecule has 0 fully saturated rings. The Kier molecular flexibility index (Phi) is 9.69. The van der Waals surface area contributed by atoms with E-state index in [9.17, 15) is 9.59 Å². The maximum Gasteiger partial charge on any atom is 0.257 e. The van der Waals surface area contributed by atoms with Crippen LogP contribution in [0.4, 0.5) is 5.69 Å². The van der Waals surface area contributed by atoms with Gasteiger partial charge in [0.05, 0.1) is 11.7 Å². The normalized spacial score (nSPS) is 21.9. The monoisotopic (exact) mass is 481 g/mol. The molecule has 1 aliphatic heterocycles. The first-order valence-electron chi connectivity index (χ1n) is 12.4. The number of nitrogens with one attached hydrogen (secondary N) is 1. The van der Waals surface area contributed by atoms with Gasteiger partial charge in [0.25, 0.3) is 5.91 Å². The number of hydrogen-bond donors (Lipinski definition) is 1. The quantitative estimate of drug-likeness (QED) is 0.661. The van der Waals surface area contributed by atoms with Crippen molar-refractivity contribution in [2.45, 2.75) is 52.3 Å². The van der Waals surface area contributed by atoms with Gasteiger partial charge in [-0.05, 0) is 43.0 Å². The molecule has 0 bridgehead atoms. The smallest absolute Gasteiger partial charge is 0.257 e. The number of ether oxygens (including phenoxy) is 2. The van der Waals surface area contributed by atoms with Gasteiger partial charge in [0.2, 0.25) is 5.91 Å². The minimum Gasteiger partial charge on any atom is -0.491 e. The fourth-order valence-corrected chi connectivity index (χ4v) is 4.42. The van der Waals surface area contributed by atoms with Crippen molar-refractivity contribution in [2.75, 3.05) is 39.2 Å². The van der Waals surface area contributed by atoms with E-state index in [0.29, 0.717) is 36.6 Å². The Balaban J connectivity index is 1.92. The summed E-state index contributed by atoms with van der Waals surface area (Å²) in [5, 5.41) is 2.89. The van der Waals surface area contributed by atoms with Gasteiger partial charge in [-0.15, -0.1) is 0 Å². The van der Waals surface area contributed by atoms with E-state index < -0.39 is 0 Å². The average molecular weight is 482 g/mol. The van der Waals surface area contributed by atoms with Crippen LogP contribution in [0.1, 0.15) is 49.5 Å². The van der Waals surface area contributed by atoms with Crippen LogP contribution in [0.25, 0.3) is 0 Å². The second-order valence-corrected chi connectivity index (χ2v) is 9.52. The molecular formula is C28H39N3O4. The van der Waals surface area contributed by atoms with E-state index in [1.165, 1.54) is 5.56 Å². The van der Waals surface area contributed by atoms with Crippen LogP contribution in [0.15, 0.2) is 48.5 Å². The maximum absolute atomic E-state index is 13.4. The van der Waals surface area contributed by atoms with Gasteiger partial charge in [0.1, 0.15) is 12.4 Å². The molecule has 2 aromatic rings. The van der Waals surface area contributed by atoms with Crippen LogP contribution < -0.4 is 10.1 Å². The predicted molar refractivity (Wildman–Crippen MR) is 139 cm³/mol. The summed E-state index contributed by atoms with van der Waals surface area (Å²) in [4.78, 5) is 29.6. The molecule has 0 aromatic heterocycles. The number of rotatable bonds is 6. The number of fused-ring (bicyclic) bond motifs is 1. The van der Waals surface area contributed by atoms with Crippen molar-refractivity contribution in [3.05, 3.63) is 59.7 Å². The molecule has 1 N–H and O–H groups in total. The number of anilines is 1. The Morgan fingerprint density at radius 3 is 2.57 bits per heavy atom. The molecule has 7 nitrogen and oxygen atoms in total. The molecule has 3 atom stereocenters. The van der Waals surface area contributed by atoms with E-state index in [1.54, 1.807) is 37.3 Å². The molecule has 35 heavy (non-hydrogen) atoms. The van der Waals surface area contributed by atoms with Gasteiger partial charge < -0.3 is 19.7 Å². The molecule has 1 aliphatic rings. The average Bonchev–Trinajstić information content (AvgIpc) is 2.85. The van der Waals surface area contributed by atoms with Crippen LogP contribution >= 0.6 is 0 Å². The number of hydrogen-bond acceptors (Lipinski definition) is 5. The fraction of sp³-hybridized carbons (Fsp3) is 0.500. The Hall–Kier alpha value is -2.90. The molecule has 2 aromatic carbocycles. The van der Waals surface area contributed by atoms with Crippen LogP contribution in [0.5, 0.6) is 5.75 Å². The summed E-state index contributed by atoms with van der Waals surface area (Å²) in [6.45, 7) is 8.78. The van der Waals surface area contributed by atoms with E-state index >= 15 is 0 Å². The summed E-state index contributed by atoms with van der Waals surface area (Å²) in [7, 11) is 3.48. The number of methoxy groups -OCH3 is 1. The van der Waals surface area contributed by atoms with Crippen LogP contribution in [-0.2, 0) is 16.1 Å². The minimum absolute atomic E-state index is 0.0687. The number of carbonyl (C=O) groups is 2. The van der Waals surface area contributed by atoms with Crippen molar-refractivity contribution in [2.24, 2.45) is 5.92 Å². The van der Waals surface area contributed by atoms with E-state index in [-0.39, 0.29) is 29.9 Å². The molecule has 0 aliphatic carbocycles. The lowest BCUT2D eigenvalue weighted by Crippen LogP contribution is -2.46. The number of amides is 2. The summed E-state index contributed by atoms with van der Waals surface area (Å²) in [5.74, 6) is 0.486. The lowest BCUT2D eigenvalue weighted by Gasteiger charge is -2.36. The van der Waals surface area contributed by atoms with E-state index in [1.807, 2.05) is 13.0 Å². The van der Waals surface area contributed by atoms with Gasteiger partial charge in [0, 0.05) is 51.9 Å². The van der Waals surface area contributed by atoms with Crippen molar-refractivity contribution in [3.8, 4) is 5.75 Å². The third-order valence-electron chi connectivity index (χ3n) is 6.56. The molecule has 0 saturated heterocycles. The summed E-state index contributed by atoms with van der Waals surface area (Å²) in [6.07, 6.45) is 1.07. The molecule has 0 saturated carbocycles. The van der Waals surface area contributed by atoms with E-state index in [0.717, 1.165) is 19.5 Å². The van der Waals surface area contributed by atoms with E-state index in [2.05, 4.69) is 48.3 Å². The molecule has 1 heterocycles. The first kappa shape index (κ1) is 26.7.